The van der Waals surface area contributed by atoms with Gasteiger partial charge in [-0.2, -0.15) is 0 Å². The maximum absolute atomic E-state index is 13.1. The Morgan fingerprint density at radius 3 is 2.00 bits per heavy atom. The number of halogens is 5. The number of hydrogen-bond acceptors (Lipinski definition) is 3. The van der Waals surface area contributed by atoms with Gasteiger partial charge in [-0.05, 0) is 85.6 Å². The van der Waals surface area contributed by atoms with Gasteiger partial charge in [0, 0.05) is 33.0 Å². The topological polar surface area (TPSA) is 87.3 Å². The predicted molar refractivity (Wildman–Crippen MR) is 173 cm³/mol. The summed E-state index contributed by atoms with van der Waals surface area (Å²) in [5.74, 6) is -2.36. The van der Waals surface area contributed by atoms with Crippen molar-refractivity contribution in [2.24, 2.45) is 5.92 Å². The molecule has 4 rings (SSSR count). The van der Waals surface area contributed by atoms with Crippen molar-refractivity contribution in [2.45, 2.75) is 30.5 Å². The van der Waals surface area contributed by atoms with Gasteiger partial charge < -0.3 is 16.0 Å². The normalized spacial score (nSPS) is 17.5. The van der Waals surface area contributed by atoms with Gasteiger partial charge in [0.15, 0.2) is 0 Å². The second kappa shape index (κ2) is 13.5. The molecular formula is C31H26Cl5N3O3. The molecule has 2 atom stereocenters. The van der Waals surface area contributed by atoms with Gasteiger partial charge in [0.05, 0.1) is 22.9 Å². The second-order valence-corrected chi connectivity index (χ2v) is 12.4. The molecule has 1 aliphatic rings. The number of benzene rings is 3. The van der Waals surface area contributed by atoms with E-state index in [-0.39, 0.29) is 22.9 Å². The van der Waals surface area contributed by atoms with E-state index in [0.717, 1.165) is 5.57 Å². The number of alkyl halides is 2. The Bertz CT molecular complexity index is 1560. The van der Waals surface area contributed by atoms with E-state index in [0.29, 0.717) is 32.7 Å². The minimum atomic E-state index is -1.35. The highest BCUT2D eigenvalue weighted by molar-refractivity contribution is 6.53. The van der Waals surface area contributed by atoms with Gasteiger partial charge in [-0.3, -0.25) is 14.4 Å². The van der Waals surface area contributed by atoms with Crippen LogP contribution in [0.3, 0.4) is 0 Å². The van der Waals surface area contributed by atoms with E-state index in [9.17, 15) is 14.4 Å². The standard InChI is InChI=1S/C31H26Cl5N3O3/c1-3-5-17(4-2)12-26(40)37-21-6-8-22(9-7-21)38-29(41)24-16-23(10-11-25(24)34)39-30(42)28-27(31(28,35)36)18-13-19(32)15-20(33)14-18/h3-11,13-16,27-28H,12H2,1-2H3,(H,37,40)(H,38,41)(H,39,42)/b5-3-,17-4+. The van der Waals surface area contributed by atoms with Crippen LogP contribution in [0, 0.1) is 5.92 Å². The summed E-state index contributed by atoms with van der Waals surface area (Å²) in [6.07, 6.45) is 5.89. The van der Waals surface area contributed by atoms with Gasteiger partial charge in [-0.25, -0.2) is 0 Å². The van der Waals surface area contributed by atoms with Crippen LogP contribution in [0.25, 0.3) is 0 Å². The van der Waals surface area contributed by atoms with Gasteiger partial charge >= 0.3 is 0 Å². The number of allylic oxidation sites excluding steroid dienone is 3. The molecule has 3 N–H and O–H groups in total. The number of nitrogens with one attached hydrogen (secondary N) is 3. The molecule has 1 saturated carbocycles. The largest absolute Gasteiger partial charge is 0.326 e. The molecule has 11 heteroatoms. The monoisotopic (exact) mass is 663 g/mol. The zero-order chi connectivity index (χ0) is 30.6. The van der Waals surface area contributed by atoms with E-state index in [1.165, 1.54) is 12.1 Å². The van der Waals surface area contributed by atoms with Gasteiger partial charge in [-0.1, -0.05) is 53.0 Å². The predicted octanol–water partition coefficient (Wildman–Crippen LogP) is 9.28. The Labute approximate surface area is 269 Å². The van der Waals surface area contributed by atoms with Crippen molar-refractivity contribution in [1.82, 2.24) is 0 Å². The summed E-state index contributed by atoms with van der Waals surface area (Å²) < 4.78 is -1.35. The van der Waals surface area contributed by atoms with Crippen LogP contribution in [0.5, 0.6) is 0 Å². The average Bonchev–Trinajstić information content (AvgIpc) is 3.51. The third kappa shape index (κ3) is 7.68. The minimum Gasteiger partial charge on any atom is -0.326 e. The van der Waals surface area contributed by atoms with Crippen molar-refractivity contribution in [3.05, 3.63) is 111 Å². The summed E-state index contributed by atoms with van der Waals surface area (Å²) in [6, 6.07) is 16.1. The maximum atomic E-state index is 13.1. The van der Waals surface area contributed by atoms with Crippen molar-refractivity contribution >= 4 is 92.8 Å². The van der Waals surface area contributed by atoms with Gasteiger partial charge in [-0.15, -0.1) is 23.2 Å². The molecule has 1 aliphatic carbocycles. The molecule has 0 saturated heterocycles. The molecular weight excluding hydrogens is 640 g/mol. The Kier molecular flexibility index (Phi) is 10.3. The minimum absolute atomic E-state index is 0.145. The van der Waals surface area contributed by atoms with Crippen molar-refractivity contribution in [2.75, 3.05) is 16.0 Å². The van der Waals surface area contributed by atoms with E-state index < -0.39 is 28.0 Å². The van der Waals surface area contributed by atoms with E-state index >= 15 is 0 Å². The summed E-state index contributed by atoms with van der Waals surface area (Å²) in [7, 11) is 0. The van der Waals surface area contributed by atoms with Crippen LogP contribution < -0.4 is 16.0 Å². The zero-order valence-corrected chi connectivity index (χ0v) is 26.3. The van der Waals surface area contributed by atoms with Crippen molar-refractivity contribution in [3.63, 3.8) is 0 Å². The molecule has 42 heavy (non-hydrogen) atoms. The molecule has 0 aromatic heterocycles. The first-order valence-corrected chi connectivity index (χ1v) is 14.7. The van der Waals surface area contributed by atoms with Crippen molar-refractivity contribution in [1.29, 1.82) is 0 Å². The maximum Gasteiger partial charge on any atom is 0.257 e. The number of anilines is 3. The lowest BCUT2D eigenvalue weighted by atomic mass is 10.1. The Morgan fingerprint density at radius 2 is 1.40 bits per heavy atom. The summed E-state index contributed by atoms with van der Waals surface area (Å²) in [5.41, 5.74) is 3.11. The SMILES string of the molecule is C/C=C\C(=C/C)CC(=O)Nc1ccc(NC(=O)c2cc(NC(=O)C3C(c4cc(Cl)cc(Cl)c4)C3(Cl)Cl)ccc2Cl)cc1. The summed E-state index contributed by atoms with van der Waals surface area (Å²) in [5, 5.41) is 9.37. The zero-order valence-electron chi connectivity index (χ0n) is 22.5. The fourth-order valence-electron chi connectivity index (χ4n) is 4.52. The molecule has 3 amide bonds. The third-order valence-corrected chi connectivity index (χ3v) is 8.31. The Morgan fingerprint density at radius 1 is 0.810 bits per heavy atom. The van der Waals surface area contributed by atoms with E-state index in [1.54, 1.807) is 48.5 Å². The van der Waals surface area contributed by atoms with Crippen LogP contribution in [0.1, 0.15) is 42.1 Å². The number of amides is 3. The first-order valence-electron chi connectivity index (χ1n) is 12.9. The van der Waals surface area contributed by atoms with Crippen LogP contribution in [-0.2, 0) is 9.59 Å². The smallest absolute Gasteiger partial charge is 0.257 e. The Balaban J connectivity index is 1.40. The van der Waals surface area contributed by atoms with Gasteiger partial charge in [0.2, 0.25) is 11.8 Å². The fourth-order valence-corrected chi connectivity index (χ4v) is 6.09. The Hall–Kier alpha value is -3.00. The number of carbonyl (C=O) groups is 3. The van der Waals surface area contributed by atoms with E-state index in [1.807, 2.05) is 32.1 Å². The first kappa shape index (κ1) is 31.9. The highest BCUT2D eigenvalue weighted by atomic mass is 35.5. The molecule has 3 aromatic carbocycles. The van der Waals surface area contributed by atoms with E-state index in [4.69, 9.17) is 58.0 Å². The van der Waals surface area contributed by atoms with Crippen LogP contribution in [0.2, 0.25) is 15.1 Å². The molecule has 6 nitrogen and oxygen atoms in total. The highest BCUT2D eigenvalue weighted by Crippen LogP contribution is 2.65. The molecule has 0 spiro atoms. The van der Waals surface area contributed by atoms with Gasteiger partial charge in [0.25, 0.3) is 5.91 Å². The van der Waals surface area contributed by atoms with E-state index in [2.05, 4.69) is 16.0 Å². The second-order valence-electron chi connectivity index (χ2n) is 9.64. The van der Waals surface area contributed by atoms with Crippen molar-refractivity contribution in [3.8, 4) is 0 Å². The molecule has 0 aliphatic heterocycles. The quantitative estimate of drug-likeness (QED) is 0.157. The molecule has 1 fully saturated rings. The lowest BCUT2D eigenvalue weighted by Crippen LogP contribution is -2.18. The van der Waals surface area contributed by atoms with Crippen LogP contribution in [0.15, 0.2) is 84.5 Å². The number of hydrogen-bond donors (Lipinski definition) is 3. The lowest BCUT2D eigenvalue weighted by Gasteiger charge is -2.11. The summed E-state index contributed by atoms with van der Waals surface area (Å²) in [4.78, 5) is 38.5. The highest BCUT2D eigenvalue weighted by Gasteiger charge is 2.67. The summed E-state index contributed by atoms with van der Waals surface area (Å²) in [6.45, 7) is 3.77. The fraction of sp³-hybridized carbons (Fsp3) is 0.194. The molecule has 0 heterocycles. The van der Waals surface area contributed by atoms with Crippen molar-refractivity contribution < 1.29 is 14.4 Å². The lowest BCUT2D eigenvalue weighted by molar-refractivity contribution is -0.117. The number of rotatable bonds is 9. The molecule has 218 valence electrons. The average molecular weight is 666 g/mol. The molecule has 0 bridgehead atoms. The van der Waals surface area contributed by atoms with Gasteiger partial charge in [0.1, 0.15) is 4.33 Å². The number of carbonyl (C=O) groups excluding carboxylic acids is 3. The summed E-state index contributed by atoms with van der Waals surface area (Å²) >= 11 is 31.4. The van der Waals surface area contributed by atoms with Crippen LogP contribution in [-0.4, -0.2) is 22.1 Å². The molecule has 0 radical (unpaired) electrons. The molecule has 2 unspecified atom stereocenters. The van der Waals surface area contributed by atoms with Crippen LogP contribution in [0.4, 0.5) is 17.1 Å². The third-order valence-electron chi connectivity index (χ3n) is 6.60. The van der Waals surface area contributed by atoms with Crippen LogP contribution >= 0.6 is 58.0 Å². The first-order chi connectivity index (χ1) is 19.9. The molecule has 3 aromatic rings.